The van der Waals surface area contributed by atoms with Gasteiger partial charge in [-0.1, -0.05) is 0 Å². The fourth-order valence-electron chi connectivity index (χ4n) is 2.31. The van der Waals surface area contributed by atoms with Crippen molar-refractivity contribution in [2.24, 2.45) is 11.7 Å². The number of hydrogen-bond acceptors (Lipinski definition) is 3. The summed E-state index contributed by atoms with van der Waals surface area (Å²) in [6.07, 6.45) is 2.10. The SMILES string of the molecule is NCC1CCN(C(=O)N2CCOCC2)CC1. The number of nitrogens with zero attached hydrogens (tertiary/aromatic N) is 2. The first-order valence-electron chi connectivity index (χ1n) is 6.13. The number of likely N-dealkylation sites (tertiary alicyclic amines) is 1. The van der Waals surface area contributed by atoms with Crippen LogP contribution < -0.4 is 5.73 Å². The maximum Gasteiger partial charge on any atom is 0.320 e. The number of morpholine rings is 1. The van der Waals surface area contributed by atoms with Crippen LogP contribution in [-0.2, 0) is 4.74 Å². The molecule has 0 bridgehead atoms. The Kier molecular flexibility index (Phi) is 4.01. The third-order valence-electron chi connectivity index (χ3n) is 3.50. The quantitative estimate of drug-likeness (QED) is 0.691. The van der Waals surface area contributed by atoms with E-state index in [1.165, 1.54) is 0 Å². The van der Waals surface area contributed by atoms with Crippen LogP contribution in [0.4, 0.5) is 4.79 Å². The van der Waals surface area contributed by atoms with Gasteiger partial charge in [-0.25, -0.2) is 4.79 Å². The summed E-state index contributed by atoms with van der Waals surface area (Å²) in [5, 5.41) is 0. The van der Waals surface area contributed by atoms with E-state index < -0.39 is 0 Å². The van der Waals surface area contributed by atoms with Gasteiger partial charge in [-0.2, -0.15) is 0 Å². The number of amides is 2. The second-order valence-corrected chi connectivity index (χ2v) is 4.55. The molecule has 5 heteroatoms. The van der Waals surface area contributed by atoms with Gasteiger partial charge < -0.3 is 20.3 Å². The summed E-state index contributed by atoms with van der Waals surface area (Å²) < 4.78 is 5.24. The second-order valence-electron chi connectivity index (χ2n) is 4.55. The minimum atomic E-state index is 0.179. The lowest BCUT2D eigenvalue weighted by Crippen LogP contribution is -2.50. The van der Waals surface area contributed by atoms with Gasteiger partial charge in [0.15, 0.2) is 0 Å². The van der Waals surface area contributed by atoms with Crippen LogP contribution in [0.2, 0.25) is 0 Å². The van der Waals surface area contributed by atoms with Gasteiger partial charge in [0.1, 0.15) is 0 Å². The molecule has 0 saturated carbocycles. The van der Waals surface area contributed by atoms with E-state index in [9.17, 15) is 4.79 Å². The first kappa shape index (κ1) is 11.7. The third kappa shape index (κ3) is 2.65. The van der Waals surface area contributed by atoms with Crippen molar-refractivity contribution in [3.63, 3.8) is 0 Å². The highest BCUT2D eigenvalue weighted by molar-refractivity contribution is 5.74. The Labute approximate surface area is 96.5 Å². The smallest absolute Gasteiger partial charge is 0.320 e. The van der Waals surface area contributed by atoms with Gasteiger partial charge in [0.2, 0.25) is 0 Å². The molecule has 2 N–H and O–H groups in total. The number of ether oxygens (including phenoxy) is 1. The Morgan fingerprint density at radius 2 is 1.69 bits per heavy atom. The van der Waals surface area contributed by atoms with Crippen LogP contribution in [0, 0.1) is 5.92 Å². The van der Waals surface area contributed by atoms with Crippen molar-refractivity contribution in [1.82, 2.24) is 9.80 Å². The van der Waals surface area contributed by atoms with Crippen LogP contribution in [0.15, 0.2) is 0 Å². The zero-order valence-corrected chi connectivity index (χ0v) is 9.73. The largest absolute Gasteiger partial charge is 0.378 e. The fraction of sp³-hybridized carbons (Fsp3) is 0.909. The van der Waals surface area contributed by atoms with Crippen LogP contribution in [-0.4, -0.2) is 61.8 Å². The molecule has 0 aromatic carbocycles. The lowest BCUT2D eigenvalue weighted by atomic mass is 9.97. The zero-order chi connectivity index (χ0) is 11.4. The fourth-order valence-corrected chi connectivity index (χ4v) is 2.31. The number of carbonyl (C=O) groups is 1. The highest BCUT2D eigenvalue weighted by atomic mass is 16.5. The van der Waals surface area contributed by atoms with Crippen LogP contribution in [0.1, 0.15) is 12.8 Å². The maximum absolute atomic E-state index is 12.1. The maximum atomic E-state index is 12.1. The van der Waals surface area contributed by atoms with E-state index in [1.807, 2.05) is 9.80 Å². The summed E-state index contributed by atoms with van der Waals surface area (Å²) in [4.78, 5) is 16.0. The highest BCUT2D eigenvalue weighted by Gasteiger charge is 2.26. The van der Waals surface area contributed by atoms with Gasteiger partial charge in [-0.3, -0.25) is 0 Å². The molecule has 2 heterocycles. The Balaban J connectivity index is 1.81. The lowest BCUT2D eigenvalue weighted by Gasteiger charge is -2.36. The molecule has 0 radical (unpaired) electrons. The monoisotopic (exact) mass is 227 g/mol. The molecule has 92 valence electrons. The predicted molar refractivity (Wildman–Crippen MR) is 61.1 cm³/mol. The standard InChI is InChI=1S/C11H21N3O2/c12-9-10-1-3-13(4-2-10)11(15)14-5-7-16-8-6-14/h10H,1-9,12H2. The first-order chi connectivity index (χ1) is 7.81. The third-order valence-corrected chi connectivity index (χ3v) is 3.50. The summed E-state index contributed by atoms with van der Waals surface area (Å²) in [5.74, 6) is 0.605. The molecule has 0 spiro atoms. The number of hydrogen-bond donors (Lipinski definition) is 1. The molecular weight excluding hydrogens is 206 g/mol. The average Bonchev–Trinajstić information content (AvgIpc) is 2.39. The van der Waals surface area contributed by atoms with Crippen molar-refractivity contribution in [3.8, 4) is 0 Å². The van der Waals surface area contributed by atoms with Crippen LogP contribution in [0.3, 0.4) is 0 Å². The Hall–Kier alpha value is -0.810. The number of nitrogens with two attached hydrogens (primary N) is 1. The molecule has 0 atom stereocenters. The zero-order valence-electron chi connectivity index (χ0n) is 9.73. The van der Waals surface area contributed by atoms with E-state index in [0.717, 1.165) is 45.6 Å². The van der Waals surface area contributed by atoms with E-state index in [0.29, 0.717) is 19.1 Å². The van der Waals surface area contributed by atoms with Crippen molar-refractivity contribution in [1.29, 1.82) is 0 Å². The summed E-state index contributed by atoms with van der Waals surface area (Å²) >= 11 is 0. The molecule has 0 unspecified atom stereocenters. The van der Waals surface area contributed by atoms with E-state index in [1.54, 1.807) is 0 Å². The van der Waals surface area contributed by atoms with E-state index in [-0.39, 0.29) is 6.03 Å². The molecule has 2 aliphatic rings. The molecule has 2 amide bonds. The van der Waals surface area contributed by atoms with Crippen LogP contribution in [0.25, 0.3) is 0 Å². The Morgan fingerprint density at radius 1 is 1.12 bits per heavy atom. The molecule has 5 nitrogen and oxygen atoms in total. The number of urea groups is 1. The summed E-state index contributed by atoms with van der Waals surface area (Å²) in [7, 11) is 0. The van der Waals surface area contributed by atoms with Crippen LogP contribution in [0.5, 0.6) is 0 Å². The van der Waals surface area contributed by atoms with Crippen molar-refractivity contribution in [2.75, 3.05) is 45.9 Å². The van der Waals surface area contributed by atoms with Crippen molar-refractivity contribution >= 4 is 6.03 Å². The molecule has 0 aliphatic carbocycles. The average molecular weight is 227 g/mol. The van der Waals surface area contributed by atoms with Gasteiger partial charge in [-0.05, 0) is 25.3 Å². The van der Waals surface area contributed by atoms with Gasteiger partial charge in [-0.15, -0.1) is 0 Å². The Morgan fingerprint density at radius 3 is 2.25 bits per heavy atom. The van der Waals surface area contributed by atoms with E-state index in [2.05, 4.69) is 0 Å². The van der Waals surface area contributed by atoms with Crippen molar-refractivity contribution in [2.45, 2.75) is 12.8 Å². The second kappa shape index (κ2) is 5.50. The molecule has 2 rings (SSSR count). The van der Waals surface area contributed by atoms with Crippen molar-refractivity contribution < 1.29 is 9.53 Å². The van der Waals surface area contributed by atoms with Gasteiger partial charge in [0.25, 0.3) is 0 Å². The number of piperidine rings is 1. The summed E-state index contributed by atoms with van der Waals surface area (Å²) in [5.41, 5.74) is 5.64. The topological polar surface area (TPSA) is 58.8 Å². The minimum absolute atomic E-state index is 0.179. The lowest BCUT2D eigenvalue weighted by molar-refractivity contribution is 0.0402. The van der Waals surface area contributed by atoms with Gasteiger partial charge in [0, 0.05) is 26.2 Å². The minimum Gasteiger partial charge on any atom is -0.378 e. The van der Waals surface area contributed by atoms with Crippen molar-refractivity contribution in [3.05, 3.63) is 0 Å². The first-order valence-corrected chi connectivity index (χ1v) is 6.13. The van der Waals surface area contributed by atoms with Crippen LogP contribution >= 0.6 is 0 Å². The predicted octanol–water partition coefficient (Wildman–Crippen LogP) is 0.109. The number of rotatable bonds is 1. The molecule has 2 saturated heterocycles. The Bertz CT molecular complexity index is 233. The van der Waals surface area contributed by atoms with E-state index in [4.69, 9.17) is 10.5 Å². The summed E-state index contributed by atoms with van der Waals surface area (Å²) in [6.45, 7) is 5.27. The molecule has 16 heavy (non-hydrogen) atoms. The van der Waals surface area contributed by atoms with Gasteiger partial charge >= 0.3 is 6.03 Å². The molecular formula is C11H21N3O2. The number of carbonyl (C=O) groups excluding carboxylic acids is 1. The van der Waals surface area contributed by atoms with Gasteiger partial charge in [0.05, 0.1) is 13.2 Å². The molecule has 2 aliphatic heterocycles. The molecule has 0 aromatic heterocycles. The van der Waals surface area contributed by atoms with E-state index >= 15 is 0 Å². The molecule has 0 aromatic rings. The molecule has 2 fully saturated rings. The normalized spacial score (nSPS) is 23.6. The highest BCUT2D eigenvalue weighted by Crippen LogP contribution is 2.17. The summed E-state index contributed by atoms with van der Waals surface area (Å²) in [6, 6.07) is 0.179.